The minimum absolute atomic E-state index is 0. The van der Waals surface area contributed by atoms with Crippen LogP contribution in [0.3, 0.4) is 0 Å². The third-order valence-corrected chi connectivity index (χ3v) is 1.67. The Morgan fingerprint density at radius 2 is 2.10 bits per heavy atom. The lowest BCUT2D eigenvalue weighted by Crippen LogP contribution is -2.07. The van der Waals surface area contributed by atoms with E-state index in [1.54, 1.807) is 6.26 Å². The SMILES string of the molecule is CN(C)c1ccoc1Br.Cl. The van der Waals surface area contributed by atoms with Crippen LogP contribution in [0, 0.1) is 0 Å². The van der Waals surface area contributed by atoms with Crippen LogP contribution in [-0.4, -0.2) is 14.1 Å². The molecule has 0 radical (unpaired) electrons. The molecular formula is C6H9BrClNO. The summed E-state index contributed by atoms with van der Waals surface area (Å²) in [6.45, 7) is 0. The predicted molar refractivity (Wildman–Crippen MR) is 48.0 cm³/mol. The molecule has 4 heteroatoms. The summed E-state index contributed by atoms with van der Waals surface area (Å²) in [5, 5.41) is 0. The fourth-order valence-electron chi connectivity index (χ4n) is 0.609. The average molecular weight is 227 g/mol. The molecule has 1 rings (SSSR count). The third kappa shape index (κ3) is 1.92. The van der Waals surface area contributed by atoms with Crippen molar-refractivity contribution in [2.24, 2.45) is 0 Å². The van der Waals surface area contributed by atoms with Crippen molar-refractivity contribution in [2.75, 3.05) is 19.0 Å². The summed E-state index contributed by atoms with van der Waals surface area (Å²) in [5.74, 6) is 0. The molecule has 1 aromatic heterocycles. The van der Waals surface area contributed by atoms with Crippen molar-refractivity contribution in [2.45, 2.75) is 0 Å². The van der Waals surface area contributed by atoms with E-state index >= 15 is 0 Å². The normalized spacial score (nSPS) is 8.70. The van der Waals surface area contributed by atoms with E-state index in [-0.39, 0.29) is 12.4 Å². The number of hydrogen-bond acceptors (Lipinski definition) is 2. The van der Waals surface area contributed by atoms with Crippen LogP contribution in [0.15, 0.2) is 21.4 Å². The van der Waals surface area contributed by atoms with Crippen molar-refractivity contribution in [3.05, 3.63) is 17.0 Å². The summed E-state index contributed by atoms with van der Waals surface area (Å²) in [7, 11) is 3.94. The second kappa shape index (κ2) is 3.88. The predicted octanol–water partition coefficient (Wildman–Crippen LogP) is 2.53. The summed E-state index contributed by atoms with van der Waals surface area (Å²) in [6.07, 6.45) is 1.65. The fraction of sp³-hybridized carbons (Fsp3) is 0.333. The molecule has 0 unspecified atom stereocenters. The Labute approximate surface area is 74.7 Å². The van der Waals surface area contributed by atoms with Crippen molar-refractivity contribution in [3.63, 3.8) is 0 Å². The molecule has 0 bridgehead atoms. The standard InChI is InChI=1S/C6H8BrNO.ClH/c1-8(2)5-3-4-9-6(5)7;/h3-4H,1-2H3;1H. The van der Waals surface area contributed by atoms with Gasteiger partial charge in [-0.15, -0.1) is 12.4 Å². The van der Waals surface area contributed by atoms with Gasteiger partial charge in [0, 0.05) is 20.2 Å². The van der Waals surface area contributed by atoms with Crippen LogP contribution in [0.1, 0.15) is 0 Å². The van der Waals surface area contributed by atoms with Gasteiger partial charge in [0.2, 0.25) is 0 Å². The zero-order chi connectivity index (χ0) is 6.85. The first-order valence-corrected chi connectivity index (χ1v) is 3.41. The van der Waals surface area contributed by atoms with Gasteiger partial charge < -0.3 is 9.32 Å². The number of furan rings is 1. The van der Waals surface area contributed by atoms with Gasteiger partial charge in [0.15, 0.2) is 4.67 Å². The Balaban J connectivity index is 0.000000810. The molecular weight excluding hydrogens is 217 g/mol. The smallest absolute Gasteiger partial charge is 0.192 e. The topological polar surface area (TPSA) is 16.4 Å². The van der Waals surface area contributed by atoms with Gasteiger partial charge in [-0.2, -0.15) is 0 Å². The van der Waals surface area contributed by atoms with E-state index < -0.39 is 0 Å². The number of nitrogens with zero attached hydrogens (tertiary/aromatic N) is 1. The van der Waals surface area contributed by atoms with Gasteiger partial charge in [-0.1, -0.05) is 0 Å². The molecule has 1 aromatic rings. The van der Waals surface area contributed by atoms with Crippen molar-refractivity contribution in [1.82, 2.24) is 0 Å². The van der Waals surface area contributed by atoms with E-state index in [1.165, 1.54) is 0 Å². The Bertz CT molecular complexity index is 199. The molecule has 0 aromatic carbocycles. The third-order valence-electron chi connectivity index (χ3n) is 1.08. The second-order valence-corrected chi connectivity index (χ2v) is 2.69. The average Bonchev–Trinajstić information content (AvgIpc) is 2.13. The van der Waals surface area contributed by atoms with Gasteiger partial charge in [-0.25, -0.2) is 0 Å². The first kappa shape index (κ1) is 9.85. The molecule has 58 valence electrons. The van der Waals surface area contributed by atoms with Crippen LogP contribution in [0.4, 0.5) is 5.69 Å². The summed E-state index contributed by atoms with van der Waals surface area (Å²) >= 11 is 3.26. The monoisotopic (exact) mass is 225 g/mol. The highest BCUT2D eigenvalue weighted by atomic mass is 79.9. The van der Waals surface area contributed by atoms with Crippen molar-refractivity contribution in [3.8, 4) is 0 Å². The van der Waals surface area contributed by atoms with Gasteiger partial charge in [0.05, 0.1) is 12.0 Å². The number of anilines is 1. The van der Waals surface area contributed by atoms with Crippen molar-refractivity contribution >= 4 is 34.0 Å². The number of hydrogen-bond donors (Lipinski definition) is 0. The highest BCUT2D eigenvalue weighted by Crippen LogP contribution is 2.24. The van der Waals surface area contributed by atoms with E-state index in [2.05, 4.69) is 15.9 Å². The molecule has 0 fully saturated rings. The van der Waals surface area contributed by atoms with E-state index in [4.69, 9.17) is 4.42 Å². The minimum atomic E-state index is 0. The lowest BCUT2D eigenvalue weighted by molar-refractivity contribution is 0.541. The summed E-state index contributed by atoms with van der Waals surface area (Å²) in [4.78, 5) is 1.98. The number of rotatable bonds is 1. The maximum Gasteiger partial charge on any atom is 0.192 e. The summed E-state index contributed by atoms with van der Waals surface area (Å²) in [5.41, 5.74) is 1.06. The molecule has 1 heterocycles. The van der Waals surface area contributed by atoms with E-state index in [1.807, 2.05) is 25.1 Å². The quantitative estimate of drug-likeness (QED) is 0.732. The zero-order valence-electron chi connectivity index (χ0n) is 5.80. The highest BCUT2D eigenvalue weighted by molar-refractivity contribution is 9.10. The number of halogens is 2. The molecule has 0 saturated heterocycles. The molecule has 10 heavy (non-hydrogen) atoms. The summed E-state index contributed by atoms with van der Waals surface area (Å²) < 4.78 is 5.79. The van der Waals surface area contributed by atoms with E-state index in [9.17, 15) is 0 Å². The molecule has 0 amide bonds. The van der Waals surface area contributed by atoms with Crippen LogP contribution < -0.4 is 4.90 Å². The zero-order valence-corrected chi connectivity index (χ0v) is 8.20. The van der Waals surface area contributed by atoms with Crippen LogP contribution in [-0.2, 0) is 0 Å². The largest absolute Gasteiger partial charge is 0.455 e. The van der Waals surface area contributed by atoms with Gasteiger partial charge in [-0.05, 0) is 15.9 Å². The van der Waals surface area contributed by atoms with Crippen molar-refractivity contribution in [1.29, 1.82) is 0 Å². The van der Waals surface area contributed by atoms with E-state index in [0.29, 0.717) is 0 Å². The fourth-order valence-corrected chi connectivity index (χ4v) is 1.20. The molecule has 0 aliphatic carbocycles. The molecule has 0 spiro atoms. The first-order valence-electron chi connectivity index (χ1n) is 2.62. The van der Waals surface area contributed by atoms with Crippen LogP contribution >= 0.6 is 28.3 Å². The Kier molecular flexibility index (Phi) is 3.83. The van der Waals surface area contributed by atoms with Gasteiger partial charge in [0.25, 0.3) is 0 Å². The Morgan fingerprint density at radius 3 is 2.30 bits per heavy atom. The van der Waals surface area contributed by atoms with Gasteiger partial charge in [0.1, 0.15) is 0 Å². The van der Waals surface area contributed by atoms with Crippen LogP contribution in [0.25, 0.3) is 0 Å². The lowest BCUT2D eigenvalue weighted by atomic mass is 10.5. The molecule has 0 atom stereocenters. The molecule has 0 saturated carbocycles. The maximum absolute atomic E-state index is 5.00. The lowest BCUT2D eigenvalue weighted by Gasteiger charge is -2.07. The molecule has 0 aliphatic rings. The molecule has 0 N–H and O–H groups in total. The molecule has 0 aliphatic heterocycles. The van der Waals surface area contributed by atoms with Crippen LogP contribution in [0.5, 0.6) is 0 Å². The molecule has 2 nitrogen and oxygen atoms in total. The van der Waals surface area contributed by atoms with Crippen LogP contribution in [0.2, 0.25) is 0 Å². The second-order valence-electron chi connectivity index (χ2n) is 1.97. The highest BCUT2D eigenvalue weighted by Gasteiger charge is 2.02. The minimum Gasteiger partial charge on any atom is -0.455 e. The van der Waals surface area contributed by atoms with Crippen molar-refractivity contribution < 1.29 is 4.42 Å². The Morgan fingerprint density at radius 1 is 1.50 bits per heavy atom. The first-order chi connectivity index (χ1) is 4.22. The van der Waals surface area contributed by atoms with Gasteiger partial charge in [-0.3, -0.25) is 0 Å². The summed E-state index contributed by atoms with van der Waals surface area (Å²) in [6, 6.07) is 1.91. The van der Waals surface area contributed by atoms with E-state index in [0.717, 1.165) is 10.4 Å². The Hall–Kier alpha value is -0.150. The maximum atomic E-state index is 5.00. The van der Waals surface area contributed by atoms with Gasteiger partial charge >= 0.3 is 0 Å².